The minimum Gasteiger partial charge on any atom is -0.403 e. The zero-order chi connectivity index (χ0) is 16.0. The van der Waals surface area contributed by atoms with Gasteiger partial charge < -0.3 is 4.52 Å². The molecule has 2 aromatic carbocycles. The van der Waals surface area contributed by atoms with E-state index >= 15 is 0 Å². The van der Waals surface area contributed by atoms with Gasteiger partial charge in [0.2, 0.25) is 0 Å². The molecule has 0 radical (unpaired) electrons. The molecule has 0 heterocycles. The summed E-state index contributed by atoms with van der Waals surface area (Å²) >= 11 is 3.39. The minimum absolute atomic E-state index is 0.412. The smallest absolute Gasteiger partial charge is 0.403 e. The van der Waals surface area contributed by atoms with E-state index in [1.165, 1.54) is 14.2 Å². The Morgan fingerprint density at radius 1 is 1.00 bits per heavy atom. The molecule has 0 bridgehead atoms. The Kier molecular flexibility index (Phi) is 5.98. The van der Waals surface area contributed by atoms with Gasteiger partial charge in [-0.05, 0) is 23.8 Å². The maximum Gasteiger partial charge on any atom is 0.529 e. The normalized spacial score (nSPS) is 12.2. The molecule has 2 aromatic rings. The van der Waals surface area contributed by atoms with Crippen molar-refractivity contribution in [2.45, 2.75) is 0 Å². The molecule has 0 aliphatic heterocycles. The molecular formula is C16H16BrO4P. The van der Waals surface area contributed by atoms with Crippen molar-refractivity contribution in [2.75, 3.05) is 14.2 Å². The Bertz CT molecular complexity index is 675. The molecule has 0 amide bonds. The first-order valence-corrected chi connectivity index (χ1v) is 8.75. The van der Waals surface area contributed by atoms with E-state index in [0.717, 1.165) is 15.6 Å². The zero-order valence-electron chi connectivity index (χ0n) is 12.2. The minimum atomic E-state index is -3.63. The lowest BCUT2D eigenvalue weighted by molar-refractivity contribution is 0.201. The van der Waals surface area contributed by atoms with Crippen LogP contribution in [0.4, 0.5) is 0 Å². The van der Waals surface area contributed by atoms with Gasteiger partial charge in [0, 0.05) is 24.3 Å². The van der Waals surface area contributed by atoms with Crippen LogP contribution in [0.15, 0.2) is 59.1 Å². The Morgan fingerprint density at radius 3 is 2.14 bits per heavy atom. The molecule has 0 unspecified atom stereocenters. The van der Waals surface area contributed by atoms with Gasteiger partial charge in [0.05, 0.1) is 0 Å². The number of benzene rings is 2. The van der Waals surface area contributed by atoms with Crippen molar-refractivity contribution >= 4 is 35.6 Å². The summed E-state index contributed by atoms with van der Waals surface area (Å²) < 4.78 is 28.5. The van der Waals surface area contributed by atoms with Crippen molar-refractivity contribution < 1.29 is 18.1 Å². The molecule has 6 heteroatoms. The van der Waals surface area contributed by atoms with Crippen molar-refractivity contribution in [3.63, 3.8) is 0 Å². The lowest BCUT2D eigenvalue weighted by atomic mass is 10.1. The third-order valence-corrected chi connectivity index (χ3v) is 4.73. The van der Waals surface area contributed by atoms with Crippen LogP contribution in [0.2, 0.25) is 0 Å². The third-order valence-electron chi connectivity index (χ3n) is 2.88. The quantitative estimate of drug-likeness (QED) is 0.383. The highest BCUT2D eigenvalue weighted by Crippen LogP contribution is 2.51. The van der Waals surface area contributed by atoms with Gasteiger partial charge in [-0.2, -0.15) is 0 Å². The fourth-order valence-electron chi connectivity index (χ4n) is 1.74. The summed E-state index contributed by atoms with van der Waals surface area (Å²) in [6, 6.07) is 17.0. The molecule has 0 spiro atoms. The predicted octanol–water partition coefficient (Wildman–Crippen LogP) is 5.36. The monoisotopic (exact) mass is 382 g/mol. The molecular weight excluding hydrogens is 367 g/mol. The first kappa shape index (κ1) is 17.0. The first-order chi connectivity index (χ1) is 10.6. The zero-order valence-corrected chi connectivity index (χ0v) is 14.7. The van der Waals surface area contributed by atoms with Crippen LogP contribution >= 0.6 is 23.8 Å². The standard InChI is InChI=1S/C16H16BrO4P/c1-19-22(18,20-2)21-16(14-6-4-3-5-7-14)12-13-8-10-15(17)11-9-13/h3-12H,1-2H3. The van der Waals surface area contributed by atoms with Crippen molar-refractivity contribution in [1.29, 1.82) is 0 Å². The Morgan fingerprint density at radius 2 is 1.59 bits per heavy atom. The fourth-order valence-corrected chi connectivity index (χ4v) is 2.71. The molecule has 0 N–H and O–H groups in total. The summed E-state index contributed by atoms with van der Waals surface area (Å²) in [5.41, 5.74) is 1.68. The Labute approximate surface area is 138 Å². The van der Waals surface area contributed by atoms with Crippen LogP contribution in [-0.4, -0.2) is 14.2 Å². The lowest BCUT2D eigenvalue weighted by Gasteiger charge is -2.17. The van der Waals surface area contributed by atoms with Gasteiger partial charge in [-0.25, -0.2) is 4.57 Å². The highest BCUT2D eigenvalue weighted by atomic mass is 79.9. The first-order valence-electron chi connectivity index (χ1n) is 6.50. The van der Waals surface area contributed by atoms with Gasteiger partial charge in [0.15, 0.2) is 0 Å². The SMILES string of the molecule is COP(=O)(OC)OC(=Cc1ccc(Br)cc1)c1ccccc1. The molecule has 0 saturated carbocycles. The second-order valence-corrected chi connectivity index (χ2v) is 7.05. The van der Waals surface area contributed by atoms with E-state index in [9.17, 15) is 4.57 Å². The number of hydrogen-bond donors (Lipinski definition) is 0. The van der Waals surface area contributed by atoms with Gasteiger partial charge in [-0.15, -0.1) is 0 Å². The maximum absolute atomic E-state index is 12.3. The number of phosphoric ester groups is 1. The van der Waals surface area contributed by atoms with E-state index in [2.05, 4.69) is 15.9 Å². The van der Waals surface area contributed by atoms with Crippen molar-refractivity contribution in [2.24, 2.45) is 0 Å². The molecule has 116 valence electrons. The maximum atomic E-state index is 12.3. The van der Waals surface area contributed by atoms with Gasteiger partial charge in [-0.1, -0.05) is 58.4 Å². The predicted molar refractivity (Wildman–Crippen MR) is 91.2 cm³/mol. The van der Waals surface area contributed by atoms with E-state index in [-0.39, 0.29) is 0 Å². The number of hydrogen-bond acceptors (Lipinski definition) is 4. The summed E-state index contributed by atoms with van der Waals surface area (Å²) in [5.74, 6) is 0.412. The summed E-state index contributed by atoms with van der Waals surface area (Å²) in [6.45, 7) is 0. The van der Waals surface area contributed by atoms with E-state index < -0.39 is 7.82 Å². The van der Waals surface area contributed by atoms with Crippen LogP contribution in [0, 0.1) is 0 Å². The molecule has 0 aromatic heterocycles. The second-order valence-electron chi connectivity index (χ2n) is 4.33. The summed E-state index contributed by atoms with van der Waals surface area (Å²) in [4.78, 5) is 0. The number of halogens is 1. The van der Waals surface area contributed by atoms with E-state index in [0.29, 0.717) is 5.76 Å². The van der Waals surface area contributed by atoms with Crippen LogP contribution in [0.1, 0.15) is 11.1 Å². The van der Waals surface area contributed by atoms with Gasteiger partial charge >= 0.3 is 7.82 Å². The summed E-state index contributed by atoms with van der Waals surface area (Å²) in [7, 11) is -1.06. The van der Waals surface area contributed by atoms with Crippen molar-refractivity contribution in [3.8, 4) is 0 Å². The van der Waals surface area contributed by atoms with Crippen LogP contribution in [0.5, 0.6) is 0 Å². The topological polar surface area (TPSA) is 44.8 Å². The van der Waals surface area contributed by atoms with Crippen LogP contribution < -0.4 is 0 Å². The van der Waals surface area contributed by atoms with Crippen molar-refractivity contribution in [1.82, 2.24) is 0 Å². The van der Waals surface area contributed by atoms with Gasteiger partial charge in [0.25, 0.3) is 0 Å². The van der Waals surface area contributed by atoms with E-state index in [1.807, 2.05) is 54.6 Å². The average Bonchev–Trinajstić information content (AvgIpc) is 2.57. The molecule has 0 atom stereocenters. The largest absolute Gasteiger partial charge is 0.529 e. The van der Waals surface area contributed by atoms with Crippen molar-refractivity contribution in [3.05, 3.63) is 70.2 Å². The van der Waals surface area contributed by atoms with Gasteiger partial charge in [-0.3, -0.25) is 9.05 Å². The fraction of sp³-hybridized carbons (Fsp3) is 0.125. The molecule has 0 fully saturated rings. The third kappa shape index (κ3) is 4.55. The highest BCUT2D eigenvalue weighted by molar-refractivity contribution is 9.10. The average molecular weight is 383 g/mol. The molecule has 4 nitrogen and oxygen atoms in total. The van der Waals surface area contributed by atoms with Crippen LogP contribution in [-0.2, 0) is 18.1 Å². The highest BCUT2D eigenvalue weighted by Gasteiger charge is 2.26. The summed E-state index contributed by atoms with van der Waals surface area (Å²) in [6.07, 6.45) is 1.78. The van der Waals surface area contributed by atoms with Gasteiger partial charge in [0.1, 0.15) is 5.76 Å². The summed E-state index contributed by atoms with van der Waals surface area (Å²) in [5, 5.41) is 0. The van der Waals surface area contributed by atoms with E-state index in [4.69, 9.17) is 13.6 Å². The van der Waals surface area contributed by atoms with E-state index in [1.54, 1.807) is 6.08 Å². The molecule has 0 aliphatic rings. The molecule has 2 rings (SSSR count). The number of phosphoric acid groups is 1. The number of rotatable bonds is 6. The van der Waals surface area contributed by atoms with Crippen LogP contribution in [0.25, 0.3) is 11.8 Å². The Balaban J connectivity index is 2.42. The molecule has 0 aliphatic carbocycles. The lowest BCUT2D eigenvalue weighted by Crippen LogP contribution is -1.95. The molecule has 22 heavy (non-hydrogen) atoms. The second kappa shape index (κ2) is 7.75. The Hall–Kier alpha value is -1.39. The van der Waals surface area contributed by atoms with Crippen LogP contribution in [0.3, 0.4) is 0 Å². The molecule has 0 saturated heterocycles.